The highest BCUT2D eigenvalue weighted by molar-refractivity contribution is 6.39. The van der Waals surface area contributed by atoms with Gasteiger partial charge in [0.15, 0.2) is 11.5 Å². The number of barbiturate groups is 1. The van der Waals surface area contributed by atoms with Crippen LogP contribution in [0.1, 0.15) is 18.1 Å². The van der Waals surface area contributed by atoms with Gasteiger partial charge in [0.1, 0.15) is 12.2 Å². The molecule has 3 aromatic carbocycles. The van der Waals surface area contributed by atoms with E-state index < -0.39 is 22.8 Å². The standard InChI is InChI=1S/C26H19Cl2N3O7/c1-2-37-23-11-15(6-9-22(23)38-14-16-7-8-17(27)12-21(16)28)10-20-24(32)29-26(34)30(25(20)33)18-4-3-5-19(13-18)31(35)36/h3-13H,2,14H2,1H3,(H,29,32,34)/b20-10+. The number of imide groups is 2. The molecule has 0 atom stereocenters. The third-order valence-electron chi connectivity index (χ3n) is 5.38. The number of non-ortho nitro benzene ring substituents is 1. The van der Waals surface area contributed by atoms with Gasteiger partial charge in [0.2, 0.25) is 0 Å². The maximum atomic E-state index is 13.2. The van der Waals surface area contributed by atoms with Crippen molar-refractivity contribution in [1.29, 1.82) is 0 Å². The number of benzene rings is 3. The van der Waals surface area contributed by atoms with Crippen molar-refractivity contribution in [2.75, 3.05) is 11.5 Å². The third kappa shape index (κ3) is 5.77. The molecule has 12 heteroatoms. The van der Waals surface area contributed by atoms with Crippen molar-refractivity contribution in [1.82, 2.24) is 5.32 Å². The SMILES string of the molecule is CCOc1cc(/C=C2\C(=O)NC(=O)N(c3cccc([N+](=O)[O-])c3)C2=O)ccc1OCc1ccc(Cl)cc1Cl. The zero-order chi connectivity index (χ0) is 27.4. The second kappa shape index (κ2) is 11.3. The van der Waals surface area contributed by atoms with Crippen molar-refractivity contribution >= 4 is 58.5 Å². The van der Waals surface area contributed by atoms with E-state index in [1.165, 1.54) is 24.3 Å². The molecule has 4 rings (SSSR count). The fraction of sp³-hybridized carbons (Fsp3) is 0.115. The molecule has 1 aliphatic rings. The van der Waals surface area contributed by atoms with Gasteiger partial charge in [-0.05, 0) is 48.9 Å². The number of hydrogen-bond donors (Lipinski definition) is 1. The van der Waals surface area contributed by atoms with Crippen LogP contribution >= 0.6 is 23.2 Å². The van der Waals surface area contributed by atoms with E-state index in [1.54, 1.807) is 43.3 Å². The van der Waals surface area contributed by atoms with Gasteiger partial charge in [-0.15, -0.1) is 0 Å². The molecule has 0 radical (unpaired) electrons. The maximum absolute atomic E-state index is 13.2. The topological polar surface area (TPSA) is 128 Å². The first-order chi connectivity index (χ1) is 18.2. The average Bonchev–Trinajstić information content (AvgIpc) is 2.87. The van der Waals surface area contributed by atoms with Crippen LogP contribution < -0.4 is 19.7 Å². The van der Waals surface area contributed by atoms with E-state index in [-0.39, 0.29) is 23.6 Å². The summed E-state index contributed by atoms with van der Waals surface area (Å²) in [4.78, 5) is 49.3. The molecule has 1 N–H and O–H groups in total. The monoisotopic (exact) mass is 555 g/mol. The summed E-state index contributed by atoms with van der Waals surface area (Å²) in [7, 11) is 0. The Bertz CT molecular complexity index is 1490. The largest absolute Gasteiger partial charge is 0.490 e. The summed E-state index contributed by atoms with van der Waals surface area (Å²) in [6.45, 7) is 2.23. The zero-order valence-electron chi connectivity index (χ0n) is 19.8. The first-order valence-electron chi connectivity index (χ1n) is 11.2. The lowest BCUT2D eigenvalue weighted by Gasteiger charge is -2.26. The van der Waals surface area contributed by atoms with Gasteiger partial charge in [0.05, 0.1) is 17.2 Å². The van der Waals surface area contributed by atoms with E-state index in [9.17, 15) is 24.5 Å². The van der Waals surface area contributed by atoms with Gasteiger partial charge >= 0.3 is 6.03 Å². The van der Waals surface area contributed by atoms with Crippen LogP contribution in [-0.2, 0) is 16.2 Å². The number of nitrogens with one attached hydrogen (secondary N) is 1. The number of carbonyl (C=O) groups excluding carboxylic acids is 3. The molecule has 0 saturated carbocycles. The van der Waals surface area contributed by atoms with Crippen molar-refractivity contribution in [2.45, 2.75) is 13.5 Å². The summed E-state index contributed by atoms with van der Waals surface area (Å²) in [5.41, 5.74) is 0.402. The molecule has 38 heavy (non-hydrogen) atoms. The summed E-state index contributed by atoms with van der Waals surface area (Å²) in [5, 5.41) is 14.2. The van der Waals surface area contributed by atoms with E-state index in [0.717, 1.165) is 6.07 Å². The molecule has 1 heterocycles. The molecule has 1 aliphatic heterocycles. The fourth-order valence-electron chi connectivity index (χ4n) is 3.60. The number of nitro groups is 1. The zero-order valence-corrected chi connectivity index (χ0v) is 21.3. The fourth-order valence-corrected chi connectivity index (χ4v) is 4.06. The van der Waals surface area contributed by atoms with E-state index >= 15 is 0 Å². The highest BCUT2D eigenvalue weighted by Gasteiger charge is 2.37. The third-order valence-corrected chi connectivity index (χ3v) is 5.96. The quantitative estimate of drug-likeness (QED) is 0.167. The van der Waals surface area contributed by atoms with Crippen LogP contribution in [0.2, 0.25) is 10.0 Å². The number of urea groups is 1. The van der Waals surface area contributed by atoms with Crippen LogP contribution in [0.3, 0.4) is 0 Å². The summed E-state index contributed by atoms with van der Waals surface area (Å²) < 4.78 is 11.6. The second-order valence-electron chi connectivity index (χ2n) is 7.90. The molecule has 0 aliphatic carbocycles. The molecule has 194 valence electrons. The van der Waals surface area contributed by atoms with Crippen LogP contribution in [-0.4, -0.2) is 29.4 Å². The molecule has 0 spiro atoms. The highest BCUT2D eigenvalue weighted by Crippen LogP contribution is 2.32. The van der Waals surface area contributed by atoms with E-state index in [4.69, 9.17) is 32.7 Å². The number of anilines is 1. The highest BCUT2D eigenvalue weighted by atomic mass is 35.5. The Morgan fingerprint density at radius 2 is 1.79 bits per heavy atom. The Morgan fingerprint density at radius 1 is 1.00 bits per heavy atom. The summed E-state index contributed by atoms with van der Waals surface area (Å²) in [6, 6.07) is 13.8. The predicted molar refractivity (Wildman–Crippen MR) is 141 cm³/mol. The van der Waals surface area contributed by atoms with Gasteiger partial charge in [-0.2, -0.15) is 0 Å². The van der Waals surface area contributed by atoms with Gasteiger partial charge in [-0.1, -0.05) is 41.4 Å². The number of hydrogen-bond acceptors (Lipinski definition) is 7. The Balaban J connectivity index is 1.62. The van der Waals surface area contributed by atoms with Gasteiger partial charge in [-0.3, -0.25) is 25.0 Å². The number of nitro benzene ring substituents is 1. The van der Waals surface area contributed by atoms with Crippen LogP contribution in [0.25, 0.3) is 6.08 Å². The molecule has 0 unspecified atom stereocenters. The molecular formula is C26H19Cl2N3O7. The predicted octanol–water partition coefficient (Wildman–Crippen LogP) is 5.55. The minimum Gasteiger partial charge on any atom is -0.490 e. The summed E-state index contributed by atoms with van der Waals surface area (Å²) in [6.07, 6.45) is 1.29. The van der Waals surface area contributed by atoms with Crippen molar-refractivity contribution in [2.24, 2.45) is 0 Å². The molecule has 1 saturated heterocycles. The van der Waals surface area contributed by atoms with Gasteiger partial charge in [0.25, 0.3) is 17.5 Å². The smallest absolute Gasteiger partial charge is 0.335 e. The van der Waals surface area contributed by atoms with Crippen LogP contribution in [0, 0.1) is 10.1 Å². The van der Waals surface area contributed by atoms with Gasteiger partial charge in [-0.25, -0.2) is 9.69 Å². The van der Waals surface area contributed by atoms with Crippen LogP contribution in [0.5, 0.6) is 11.5 Å². The number of nitrogens with zero attached hydrogens (tertiary/aromatic N) is 2. The van der Waals surface area contributed by atoms with Crippen LogP contribution in [0.15, 0.2) is 66.2 Å². The van der Waals surface area contributed by atoms with E-state index in [1.807, 2.05) is 0 Å². The molecule has 10 nitrogen and oxygen atoms in total. The first-order valence-corrected chi connectivity index (χ1v) is 11.9. The first kappa shape index (κ1) is 26.6. The maximum Gasteiger partial charge on any atom is 0.335 e. The second-order valence-corrected chi connectivity index (χ2v) is 8.74. The van der Waals surface area contributed by atoms with Crippen molar-refractivity contribution in [3.63, 3.8) is 0 Å². The van der Waals surface area contributed by atoms with Crippen molar-refractivity contribution < 1.29 is 28.8 Å². The normalized spacial score (nSPS) is 14.4. The lowest BCUT2D eigenvalue weighted by molar-refractivity contribution is -0.384. The lowest BCUT2D eigenvalue weighted by atomic mass is 10.1. The minimum absolute atomic E-state index is 0.0558. The Kier molecular flexibility index (Phi) is 7.94. The molecule has 4 amide bonds. The summed E-state index contributed by atoms with van der Waals surface area (Å²) >= 11 is 12.2. The molecule has 1 fully saturated rings. The molecule has 0 aromatic heterocycles. The lowest BCUT2D eigenvalue weighted by Crippen LogP contribution is -2.54. The number of halogens is 2. The van der Waals surface area contributed by atoms with E-state index in [0.29, 0.717) is 44.2 Å². The number of ether oxygens (including phenoxy) is 2. The number of rotatable bonds is 8. The minimum atomic E-state index is -1.02. The van der Waals surface area contributed by atoms with Gasteiger partial charge in [0, 0.05) is 27.7 Å². The average molecular weight is 556 g/mol. The Hall–Kier alpha value is -4.41. The summed E-state index contributed by atoms with van der Waals surface area (Å²) in [5.74, 6) is -1.10. The molecule has 0 bridgehead atoms. The Morgan fingerprint density at radius 3 is 2.50 bits per heavy atom. The van der Waals surface area contributed by atoms with Crippen molar-refractivity contribution in [3.8, 4) is 11.5 Å². The number of carbonyl (C=O) groups is 3. The molecular weight excluding hydrogens is 537 g/mol. The molecule has 3 aromatic rings. The van der Waals surface area contributed by atoms with Crippen molar-refractivity contribution in [3.05, 3.63) is 97.5 Å². The Labute approximate surface area is 226 Å². The van der Waals surface area contributed by atoms with E-state index in [2.05, 4.69) is 5.32 Å². The van der Waals surface area contributed by atoms with Crippen LogP contribution in [0.4, 0.5) is 16.2 Å². The number of amides is 4. The van der Waals surface area contributed by atoms with Gasteiger partial charge < -0.3 is 9.47 Å².